The van der Waals surface area contributed by atoms with Gasteiger partial charge in [0.15, 0.2) is 0 Å². The summed E-state index contributed by atoms with van der Waals surface area (Å²) in [5.74, 6) is 0.896. The molecule has 0 saturated heterocycles. The van der Waals surface area contributed by atoms with Crippen LogP contribution in [0.1, 0.15) is 6.92 Å². The maximum absolute atomic E-state index is 5.32. The van der Waals surface area contributed by atoms with Crippen LogP contribution in [0, 0.1) is 0 Å². The molecule has 0 aliphatic carbocycles. The van der Waals surface area contributed by atoms with Gasteiger partial charge in [-0.3, -0.25) is 0 Å². The molecule has 0 spiro atoms. The lowest BCUT2D eigenvalue weighted by Gasteiger charge is -2.08. The number of rotatable bonds is 8. The summed E-state index contributed by atoms with van der Waals surface area (Å²) in [4.78, 5) is 4.19. The highest BCUT2D eigenvalue weighted by molar-refractivity contribution is 5.25. The summed E-state index contributed by atoms with van der Waals surface area (Å²) in [5, 5.41) is 3.21. The Kier molecular flexibility index (Phi) is 5.80. The van der Waals surface area contributed by atoms with Crippen molar-refractivity contribution in [3.63, 3.8) is 0 Å². The predicted octanol–water partition coefficient (Wildman–Crippen LogP) is 0.978. The van der Waals surface area contributed by atoms with Crippen LogP contribution < -0.4 is 5.32 Å². The molecule has 0 atom stereocenters. The van der Waals surface area contributed by atoms with Crippen molar-refractivity contribution >= 4 is 5.95 Å². The molecule has 0 aliphatic rings. The fourth-order valence-electron chi connectivity index (χ4n) is 1.21. The Morgan fingerprint density at radius 2 is 2.27 bits per heavy atom. The Morgan fingerprint density at radius 3 is 3.00 bits per heavy atom. The van der Waals surface area contributed by atoms with Crippen LogP contribution in [0.5, 0.6) is 0 Å². The Labute approximate surface area is 90.4 Å². The van der Waals surface area contributed by atoms with Gasteiger partial charge in [0, 0.05) is 32.6 Å². The first kappa shape index (κ1) is 12.0. The van der Waals surface area contributed by atoms with Gasteiger partial charge in [0.1, 0.15) is 0 Å². The largest absolute Gasteiger partial charge is 0.382 e. The van der Waals surface area contributed by atoms with Gasteiger partial charge in [-0.1, -0.05) is 0 Å². The summed E-state index contributed by atoms with van der Waals surface area (Å²) in [6.45, 7) is 5.72. The molecule has 1 N–H and O–H groups in total. The molecule has 1 heterocycles. The minimum Gasteiger partial charge on any atom is -0.382 e. The summed E-state index contributed by atoms with van der Waals surface area (Å²) in [5.41, 5.74) is 0. The van der Waals surface area contributed by atoms with Gasteiger partial charge < -0.3 is 19.4 Å². The molecule has 0 fully saturated rings. The highest BCUT2D eigenvalue weighted by atomic mass is 16.5. The summed E-state index contributed by atoms with van der Waals surface area (Å²) in [6.07, 6.45) is 3.74. The van der Waals surface area contributed by atoms with Gasteiger partial charge in [-0.25, -0.2) is 4.98 Å². The van der Waals surface area contributed by atoms with Crippen molar-refractivity contribution in [1.29, 1.82) is 0 Å². The molecular formula is C10H19N3O2. The maximum atomic E-state index is 5.32. The summed E-state index contributed by atoms with van der Waals surface area (Å²) in [7, 11) is 1.67. The van der Waals surface area contributed by atoms with E-state index < -0.39 is 0 Å². The number of hydrogen-bond acceptors (Lipinski definition) is 4. The SMILES string of the molecule is CCn1ccnc1NCCOCCOC. The van der Waals surface area contributed by atoms with Crippen LogP contribution in [0.25, 0.3) is 0 Å². The Hall–Kier alpha value is -1.07. The maximum Gasteiger partial charge on any atom is 0.202 e. The number of ether oxygens (including phenoxy) is 2. The molecule has 0 saturated carbocycles. The van der Waals surface area contributed by atoms with Crippen LogP contribution >= 0.6 is 0 Å². The van der Waals surface area contributed by atoms with Crippen LogP contribution in [0.4, 0.5) is 5.95 Å². The van der Waals surface area contributed by atoms with Gasteiger partial charge in [0.2, 0.25) is 5.95 Å². The Balaban J connectivity index is 2.09. The van der Waals surface area contributed by atoms with Crippen molar-refractivity contribution in [2.24, 2.45) is 0 Å². The first-order chi connectivity index (χ1) is 7.38. The molecular weight excluding hydrogens is 194 g/mol. The molecule has 0 unspecified atom stereocenters. The van der Waals surface area contributed by atoms with E-state index >= 15 is 0 Å². The quantitative estimate of drug-likeness (QED) is 0.654. The summed E-state index contributed by atoms with van der Waals surface area (Å²) in [6, 6.07) is 0. The number of aromatic nitrogens is 2. The number of imidazole rings is 1. The Morgan fingerprint density at radius 1 is 1.40 bits per heavy atom. The van der Waals surface area contributed by atoms with E-state index in [0.717, 1.165) is 19.0 Å². The molecule has 0 aliphatic heterocycles. The topological polar surface area (TPSA) is 48.3 Å². The fourth-order valence-corrected chi connectivity index (χ4v) is 1.21. The lowest BCUT2D eigenvalue weighted by atomic mass is 10.6. The minimum absolute atomic E-state index is 0.639. The third kappa shape index (κ3) is 4.31. The van der Waals surface area contributed by atoms with Crippen molar-refractivity contribution in [1.82, 2.24) is 9.55 Å². The van der Waals surface area contributed by atoms with E-state index in [0.29, 0.717) is 19.8 Å². The number of hydrogen-bond donors (Lipinski definition) is 1. The van der Waals surface area contributed by atoms with E-state index in [1.165, 1.54) is 0 Å². The molecule has 0 radical (unpaired) electrons. The number of nitrogens with one attached hydrogen (secondary N) is 1. The van der Waals surface area contributed by atoms with E-state index in [4.69, 9.17) is 9.47 Å². The predicted molar refractivity (Wildman–Crippen MR) is 59.1 cm³/mol. The van der Waals surface area contributed by atoms with Gasteiger partial charge in [0.25, 0.3) is 0 Å². The number of nitrogens with zero attached hydrogens (tertiary/aromatic N) is 2. The Bertz CT molecular complexity index is 263. The average Bonchev–Trinajstić information content (AvgIpc) is 2.70. The van der Waals surface area contributed by atoms with Gasteiger partial charge in [-0.05, 0) is 6.92 Å². The van der Waals surface area contributed by atoms with E-state index in [-0.39, 0.29) is 0 Å². The zero-order valence-corrected chi connectivity index (χ0v) is 9.40. The molecule has 0 aromatic carbocycles. The summed E-state index contributed by atoms with van der Waals surface area (Å²) >= 11 is 0. The van der Waals surface area contributed by atoms with Crippen molar-refractivity contribution in [3.05, 3.63) is 12.4 Å². The highest BCUT2D eigenvalue weighted by Gasteiger charge is 1.98. The molecule has 5 heteroatoms. The lowest BCUT2D eigenvalue weighted by molar-refractivity contribution is 0.0758. The van der Waals surface area contributed by atoms with Crippen LogP contribution in [0.3, 0.4) is 0 Å². The van der Waals surface area contributed by atoms with E-state index in [1.54, 1.807) is 13.3 Å². The van der Waals surface area contributed by atoms with Crippen molar-refractivity contribution < 1.29 is 9.47 Å². The molecule has 1 aromatic heterocycles. The first-order valence-corrected chi connectivity index (χ1v) is 5.20. The minimum atomic E-state index is 0.639. The number of methoxy groups -OCH3 is 1. The number of aryl methyl sites for hydroxylation is 1. The zero-order valence-electron chi connectivity index (χ0n) is 9.40. The molecule has 1 aromatic rings. The van der Waals surface area contributed by atoms with Crippen molar-refractivity contribution in [2.75, 3.05) is 38.8 Å². The van der Waals surface area contributed by atoms with Crippen LogP contribution in [-0.4, -0.2) is 43.0 Å². The molecule has 0 bridgehead atoms. The molecule has 5 nitrogen and oxygen atoms in total. The van der Waals surface area contributed by atoms with Crippen molar-refractivity contribution in [3.8, 4) is 0 Å². The molecule has 0 amide bonds. The second kappa shape index (κ2) is 7.25. The van der Waals surface area contributed by atoms with Crippen molar-refractivity contribution in [2.45, 2.75) is 13.5 Å². The third-order valence-corrected chi connectivity index (χ3v) is 2.02. The molecule has 86 valence electrons. The molecule has 1 rings (SSSR count). The lowest BCUT2D eigenvalue weighted by Crippen LogP contribution is -2.14. The van der Waals surface area contributed by atoms with Crippen LogP contribution in [-0.2, 0) is 16.0 Å². The van der Waals surface area contributed by atoms with Gasteiger partial charge in [-0.2, -0.15) is 0 Å². The first-order valence-electron chi connectivity index (χ1n) is 5.20. The molecule has 15 heavy (non-hydrogen) atoms. The monoisotopic (exact) mass is 213 g/mol. The van der Waals surface area contributed by atoms with Crippen LogP contribution in [0.2, 0.25) is 0 Å². The normalized spacial score (nSPS) is 10.5. The smallest absolute Gasteiger partial charge is 0.202 e. The van der Waals surface area contributed by atoms with Gasteiger partial charge in [-0.15, -0.1) is 0 Å². The third-order valence-electron chi connectivity index (χ3n) is 2.02. The average molecular weight is 213 g/mol. The second-order valence-corrected chi connectivity index (χ2v) is 3.07. The fraction of sp³-hybridized carbons (Fsp3) is 0.700. The van der Waals surface area contributed by atoms with E-state index in [1.807, 2.05) is 6.20 Å². The number of anilines is 1. The van der Waals surface area contributed by atoms with Gasteiger partial charge >= 0.3 is 0 Å². The van der Waals surface area contributed by atoms with E-state index in [2.05, 4.69) is 21.8 Å². The summed E-state index contributed by atoms with van der Waals surface area (Å²) < 4.78 is 12.2. The standard InChI is InChI=1S/C10H19N3O2/c1-3-13-6-4-11-10(13)12-5-7-15-9-8-14-2/h4,6H,3,5,7-9H2,1-2H3,(H,11,12). The van der Waals surface area contributed by atoms with Crippen LogP contribution in [0.15, 0.2) is 12.4 Å². The van der Waals surface area contributed by atoms with E-state index in [9.17, 15) is 0 Å². The van der Waals surface area contributed by atoms with Gasteiger partial charge in [0.05, 0.1) is 19.8 Å². The highest BCUT2D eigenvalue weighted by Crippen LogP contribution is 2.02. The second-order valence-electron chi connectivity index (χ2n) is 3.07. The zero-order chi connectivity index (χ0) is 10.9.